The van der Waals surface area contributed by atoms with Gasteiger partial charge in [-0.15, -0.1) is 0 Å². The first-order valence-corrected chi connectivity index (χ1v) is 4.77. The summed E-state index contributed by atoms with van der Waals surface area (Å²) in [6.45, 7) is 8.24. The zero-order valence-electron chi connectivity index (χ0n) is 8.52. The Morgan fingerprint density at radius 1 is 1.08 bits per heavy atom. The number of hydrogen-bond acceptors (Lipinski definition) is 2. The normalized spacial score (nSPS) is 9.00. The summed E-state index contributed by atoms with van der Waals surface area (Å²) in [6, 6.07) is 0. The van der Waals surface area contributed by atoms with E-state index in [-0.39, 0.29) is 0 Å². The van der Waals surface area contributed by atoms with Crippen LogP contribution in [0.2, 0.25) is 0 Å². The lowest BCUT2D eigenvalue weighted by molar-refractivity contribution is 0.850. The Bertz CT molecular complexity index is 193. The summed E-state index contributed by atoms with van der Waals surface area (Å²) in [5.74, 6) is 0. The molecular weight excluding hydrogens is 150 g/mol. The van der Waals surface area contributed by atoms with Crippen molar-refractivity contribution in [2.45, 2.75) is 47.0 Å². The van der Waals surface area contributed by atoms with E-state index in [2.05, 4.69) is 29.3 Å². The predicted octanol–water partition coefficient (Wildman–Crippen LogP) is 2.35. The second kappa shape index (κ2) is 6.83. The van der Waals surface area contributed by atoms with Crippen LogP contribution in [0.4, 0.5) is 0 Å². The Kier molecular flexibility index (Phi) is 6.34. The highest BCUT2D eigenvalue weighted by atomic mass is 15.3. The number of nitrogens with one attached hydrogen (secondary N) is 1. The van der Waals surface area contributed by atoms with Gasteiger partial charge in [-0.3, -0.25) is 0 Å². The van der Waals surface area contributed by atoms with Crippen molar-refractivity contribution in [3.63, 3.8) is 0 Å². The average molecular weight is 169 g/mol. The molecule has 0 aliphatic rings. The molecule has 0 aromatic carbocycles. The van der Waals surface area contributed by atoms with Crippen molar-refractivity contribution in [3.05, 3.63) is 11.4 Å². The minimum atomic E-state index is 0.978. The van der Waals surface area contributed by atoms with E-state index < -0.39 is 0 Å². The molecule has 1 N–H and O–H groups in total. The van der Waals surface area contributed by atoms with Gasteiger partial charge in [0.2, 0.25) is 0 Å². The Morgan fingerprint density at radius 2 is 1.67 bits per heavy atom. The van der Waals surface area contributed by atoms with E-state index in [1.807, 2.05) is 13.8 Å². The van der Waals surface area contributed by atoms with Crippen molar-refractivity contribution in [1.29, 1.82) is 0 Å². The van der Waals surface area contributed by atoms with Gasteiger partial charge in [0.25, 0.3) is 0 Å². The second-order valence-corrected chi connectivity index (χ2v) is 2.32. The molecule has 1 heterocycles. The molecule has 0 spiro atoms. The van der Waals surface area contributed by atoms with Crippen LogP contribution >= 0.6 is 0 Å². The van der Waals surface area contributed by atoms with Gasteiger partial charge in [0.05, 0.1) is 11.4 Å². The van der Waals surface area contributed by atoms with Crippen LogP contribution < -0.4 is 0 Å². The molecule has 1 aromatic heterocycles. The predicted molar refractivity (Wildman–Crippen MR) is 51.1 cm³/mol. The lowest BCUT2D eigenvalue weighted by atomic mass is 10.2. The highest BCUT2D eigenvalue weighted by Gasteiger charge is 2.02. The van der Waals surface area contributed by atoms with Gasteiger partial charge >= 0.3 is 0 Å². The van der Waals surface area contributed by atoms with Crippen molar-refractivity contribution in [2.75, 3.05) is 0 Å². The Morgan fingerprint density at radius 3 is 2.17 bits per heavy atom. The summed E-state index contributed by atoms with van der Waals surface area (Å²) in [7, 11) is 0. The number of rotatable bonds is 3. The van der Waals surface area contributed by atoms with Crippen LogP contribution in [-0.2, 0) is 12.8 Å². The SMILES string of the molecule is CC.CCCc1n[nH]nc1CC. The zero-order valence-corrected chi connectivity index (χ0v) is 8.52. The van der Waals surface area contributed by atoms with Crippen molar-refractivity contribution in [2.24, 2.45) is 0 Å². The van der Waals surface area contributed by atoms with Gasteiger partial charge in [-0.2, -0.15) is 15.4 Å². The molecule has 0 fully saturated rings. The molecule has 0 aliphatic carbocycles. The third-order valence-corrected chi connectivity index (χ3v) is 1.52. The third kappa shape index (κ3) is 3.03. The maximum atomic E-state index is 4.04. The molecule has 0 bridgehead atoms. The minimum Gasteiger partial charge on any atom is -0.197 e. The molecule has 12 heavy (non-hydrogen) atoms. The molecule has 0 unspecified atom stereocenters. The number of H-pyrrole nitrogens is 1. The number of aromatic amines is 1. The first-order valence-electron chi connectivity index (χ1n) is 4.77. The summed E-state index contributed by atoms with van der Waals surface area (Å²) in [6.07, 6.45) is 3.16. The molecule has 70 valence electrons. The summed E-state index contributed by atoms with van der Waals surface area (Å²) in [4.78, 5) is 0. The van der Waals surface area contributed by atoms with Gasteiger partial charge in [0.1, 0.15) is 0 Å². The number of nitrogens with zero attached hydrogens (tertiary/aromatic N) is 2. The summed E-state index contributed by atoms with van der Waals surface area (Å²) >= 11 is 0. The summed E-state index contributed by atoms with van der Waals surface area (Å²) in [5.41, 5.74) is 2.24. The monoisotopic (exact) mass is 169 g/mol. The largest absolute Gasteiger partial charge is 0.197 e. The first-order chi connectivity index (χ1) is 5.88. The van der Waals surface area contributed by atoms with E-state index >= 15 is 0 Å². The van der Waals surface area contributed by atoms with Crippen molar-refractivity contribution >= 4 is 0 Å². The molecular formula is C9H19N3. The van der Waals surface area contributed by atoms with Gasteiger partial charge in [-0.05, 0) is 12.8 Å². The molecule has 0 saturated carbocycles. The standard InChI is InChI=1S/C7H13N3.C2H6/c1-3-5-7-6(4-2)8-10-9-7;1-2/h3-5H2,1-2H3,(H,8,9,10);1-2H3. The van der Waals surface area contributed by atoms with Crippen LogP contribution in [0.25, 0.3) is 0 Å². The van der Waals surface area contributed by atoms with Crippen LogP contribution in [0, 0.1) is 0 Å². The fraction of sp³-hybridized carbons (Fsp3) is 0.778. The summed E-state index contributed by atoms with van der Waals surface area (Å²) in [5, 5.41) is 10.7. The highest BCUT2D eigenvalue weighted by Crippen LogP contribution is 2.03. The quantitative estimate of drug-likeness (QED) is 0.754. The van der Waals surface area contributed by atoms with Gasteiger partial charge in [-0.1, -0.05) is 34.1 Å². The maximum Gasteiger partial charge on any atom is 0.0856 e. The fourth-order valence-corrected chi connectivity index (χ4v) is 0.995. The van der Waals surface area contributed by atoms with Crippen LogP contribution in [-0.4, -0.2) is 15.4 Å². The number of hydrogen-bond donors (Lipinski definition) is 1. The Labute approximate surface area is 74.6 Å². The van der Waals surface area contributed by atoms with Gasteiger partial charge in [0.15, 0.2) is 0 Å². The van der Waals surface area contributed by atoms with Gasteiger partial charge < -0.3 is 0 Å². The van der Waals surface area contributed by atoms with Crippen molar-refractivity contribution in [1.82, 2.24) is 15.4 Å². The molecule has 0 amide bonds. The molecule has 3 nitrogen and oxygen atoms in total. The first kappa shape index (κ1) is 11.1. The fourth-order valence-electron chi connectivity index (χ4n) is 0.995. The molecule has 1 aromatic rings. The van der Waals surface area contributed by atoms with Crippen LogP contribution in [0.15, 0.2) is 0 Å². The molecule has 0 saturated heterocycles. The van der Waals surface area contributed by atoms with Crippen LogP contribution in [0.1, 0.15) is 45.5 Å². The topological polar surface area (TPSA) is 41.6 Å². The van der Waals surface area contributed by atoms with Crippen LogP contribution in [0.3, 0.4) is 0 Å². The van der Waals surface area contributed by atoms with Crippen molar-refractivity contribution < 1.29 is 0 Å². The Balaban J connectivity index is 0.000000561. The van der Waals surface area contributed by atoms with E-state index in [0.717, 1.165) is 30.7 Å². The number of aryl methyl sites for hydroxylation is 2. The smallest absolute Gasteiger partial charge is 0.0856 e. The molecule has 0 radical (unpaired) electrons. The van der Waals surface area contributed by atoms with Gasteiger partial charge in [-0.25, -0.2) is 0 Å². The summed E-state index contributed by atoms with van der Waals surface area (Å²) < 4.78 is 0. The molecule has 1 rings (SSSR count). The lowest BCUT2D eigenvalue weighted by Gasteiger charge is -1.91. The number of aromatic nitrogens is 3. The molecule has 3 heteroatoms. The lowest BCUT2D eigenvalue weighted by Crippen LogP contribution is -1.89. The van der Waals surface area contributed by atoms with E-state index in [4.69, 9.17) is 0 Å². The zero-order chi connectivity index (χ0) is 9.40. The van der Waals surface area contributed by atoms with E-state index in [0.29, 0.717) is 0 Å². The second-order valence-electron chi connectivity index (χ2n) is 2.32. The van der Waals surface area contributed by atoms with E-state index in [1.54, 1.807) is 0 Å². The highest BCUT2D eigenvalue weighted by molar-refractivity contribution is 5.07. The van der Waals surface area contributed by atoms with Crippen molar-refractivity contribution in [3.8, 4) is 0 Å². The third-order valence-electron chi connectivity index (χ3n) is 1.52. The van der Waals surface area contributed by atoms with E-state index in [9.17, 15) is 0 Å². The van der Waals surface area contributed by atoms with Gasteiger partial charge in [0, 0.05) is 0 Å². The Hall–Kier alpha value is -0.860. The minimum absolute atomic E-state index is 0.978. The average Bonchev–Trinajstić information content (AvgIpc) is 2.56. The maximum absolute atomic E-state index is 4.04. The van der Waals surface area contributed by atoms with Crippen LogP contribution in [0.5, 0.6) is 0 Å². The molecule has 0 atom stereocenters. The van der Waals surface area contributed by atoms with E-state index in [1.165, 1.54) is 0 Å². The molecule has 0 aliphatic heterocycles.